The van der Waals surface area contributed by atoms with Crippen molar-refractivity contribution in [2.75, 3.05) is 6.61 Å². The van der Waals surface area contributed by atoms with E-state index in [0.717, 1.165) is 25.2 Å². The van der Waals surface area contributed by atoms with Crippen molar-refractivity contribution in [1.29, 1.82) is 0 Å². The minimum atomic E-state index is 0.0231. The molecule has 13 heavy (non-hydrogen) atoms. The van der Waals surface area contributed by atoms with Crippen molar-refractivity contribution >= 4 is 0 Å². The van der Waals surface area contributed by atoms with Crippen LogP contribution in [0.15, 0.2) is 24.3 Å². The second-order valence-corrected chi connectivity index (χ2v) is 3.72. The normalized spacial score (nSPS) is 30.5. The Morgan fingerprint density at radius 2 is 2.15 bits per heavy atom. The summed E-state index contributed by atoms with van der Waals surface area (Å²) in [7, 11) is 0. The Labute approximate surface area is 77.5 Å². The largest absolute Gasteiger partial charge is 0.464 e. The van der Waals surface area contributed by atoms with Gasteiger partial charge in [-0.25, -0.2) is 0 Å². The highest BCUT2D eigenvalue weighted by Gasteiger charge is 2.34. The first-order valence-corrected chi connectivity index (χ1v) is 4.79. The molecular formula is C11H12O2. The molecule has 0 spiro atoms. The fourth-order valence-corrected chi connectivity index (χ4v) is 2.13. The molecule has 2 aliphatic heterocycles. The first-order chi connectivity index (χ1) is 6.43. The van der Waals surface area contributed by atoms with Crippen LogP contribution in [0.2, 0.25) is 0 Å². The van der Waals surface area contributed by atoms with Crippen molar-refractivity contribution in [3.05, 3.63) is 29.8 Å². The van der Waals surface area contributed by atoms with Gasteiger partial charge in [-0.3, -0.25) is 0 Å². The lowest BCUT2D eigenvalue weighted by Gasteiger charge is -2.27. The molecule has 3 rings (SSSR count). The molecule has 0 aromatic heterocycles. The average Bonchev–Trinajstić information content (AvgIpc) is 2.61. The lowest BCUT2D eigenvalue weighted by molar-refractivity contribution is -0.0698. The molecule has 1 fully saturated rings. The third-order valence-electron chi connectivity index (χ3n) is 2.85. The summed E-state index contributed by atoms with van der Waals surface area (Å²) in [6, 6.07) is 8.24. The fourth-order valence-electron chi connectivity index (χ4n) is 2.13. The Kier molecular flexibility index (Phi) is 1.56. The summed E-state index contributed by atoms with van der Waals surface area (Å²) in [6.07, 6.45) is 2.27. The second kappa shape index (κ2) is 2.74. The predicted octanol–water partition coefficient (Wildman–Crippen LogP) is 1.98. The van der Waals surface area contributed by atoms with Crippen LogP contribution in [-0.4, -0.2) is 12.9 Å². The summed E-state index contributed by atoms with van der Waals surface area (Å²) < 4.78 is 11.2. The molecular weight excluding hydrogens is 164 g/mol. The van der Waals surface area contributed by atoms with Crippen LogP contribution in [0.4, 0.5) is 0 Å². The summed E-state index contributed by atoms with van der Waals surface area (Å²) in [5.41, 5.74) is 1.33. The molecule has 0 saturated carbocycles. The highest BCUT2D eigenvalue weighted by atomic mass is 16.7. The molecule has 2 heteroatoms. The quantitative estimate of drug-likeness (QED) is 0.601. The van der Waals surface area contributed by atoms with E-state index in [1.165, 1.54) is 5.56 Å². The van der Waals surface area contributed by atoms with E-state index in [4.69, 9.17) is 9.47 Å². The number of hydrogen-bond acceptors (Lipinski definition) is 2. The molecule has 0 radical (unpaired) electrons. The highest BCUT2D eigenvalue weighted by molar-refractivity contribution is 5.35. The van der Waals surface area contributed by atoms with E-state index >= 15 is 0 Å². The first kappa shape index (κ1) is 7.39. The zero-order valence-corrected chi connectivity index (χ0v) is 7.40. The average molecular weight is 176 g/mol. The van der Waals surface area contributed by atoms with Crippen LogP contribution in [0.1, 0.15) is 12.0 Å². The van der Waals surface area contributed by atoms with Crippen LogP contribution < -0.4 is 4.74 Å². The van der Waals surface area contributed by atoms with Gasteiger partial charge in [0.25, 0.3) is 0 Å². The van der Waals surface area contributed by atoms with E-state index in [1.54, 1.807) is 0 Å². The van der Waals surface area contributed by atoms with Crippen LogP contribution in [0.25, 0.3) is 0 Å². The second-order valence-electron chi connectivity index (χ2n) is 3.72. The number of fused-ring (bicyclic) bond motifs is 2. The number of ether oxygens (including phenoxy) is 2. The van der Waals surface area contributed by atoms with Crippen molar-refractivity contribution < 1.29 is 9.47 Å². The van der Waals surface area contributed by atoms with Gasteiger partial charge >= 0.3 is 0 Å². The third-order valence-corrected chi connectivity index (χ3v) is 2.85. The number of hydrogen-bond donors (Lipinski definition) is 0. The van der Waals surface area contributed by atoms with Crippen molar-refractivity contribution in [3.8, 4) is 5.75 Å². The van der Waals surface area contributed by atoms with E-state index in [2.05, 4.69) is 12.1 Å². The molecule has 1 saturated heterocycles. The molecule has 2 heterocycles. The summed E-state index contributed by atoms with van der Waals surface area (Å²) >= 11 is 0. The van der Waals surface area contributed by atoms with Gasteiger partial charge < -0.3 is 9.47 Å². The number of para-hydroxylation sites is 1. The zero-order chi connectivity index (χ0) is 8.67. The van der Waals surface area contributed by atoms with Crippen molar-refractivity contribution in [2.45, 2.75) is 19.1 Å². The predicted molar refractivity (Wildman–Crippen MR) is 48.6 cm³/mol. The number of benzene rings is 1. The molecule has 0 bridgehead atoms. The lowest BCUT2D eigenvalue weighted by Crippen LogP contribution is -2.29. The first-order valence-electron chi connectivity index (χ1n) is 4.79. The summed E-state index contributed by atoms with van der Waals surface area (Å²) in [5, 5.41) is 0. The van der Waals surface area contributed by atoms with Crippen molar-refractivity contribution in [2.24, 2.45) is 5.92 Å². The van der Waals surface area contributed by atoms with Crippen molar-refractivity contribution in [1.82, 2.24) is 0 Å². The van der Waals surface area contributed by atoms with Gasteiger partial charge in [-0.1, -0.05) is 18.2 Å². The van der Waals surface area contributed by atoms with Gasteiger partial charge in [-0.05, 0) is 24.5 Å². The molecule has 1 aromatic carbocycles. The summed E-state index contributed by atoms with van der Waals surface area (Å²) in [4.78, 5) is 0. The van der Waals surface area contributed by atoms with Crippen LogP contribution in [0.3, 0.4) is 0 Å². The Bertz CT molecular complexity index is 291. The zero-order valence-electron chi connectivity index (χ0n) is 7.40. The minimum Gasteiger partial charge on any atom is -0.464 e. The van der Waals surface area contributed by atoms with E-state index in [0.29, 0.717) is 5.92 Å². The third kappa shape index (κ3) is 1.13. The Balaban J connectivity index is 1.97. The van der Waals surface area contributed by atoms with E-state index < -0.39 is 0 Å². The van der Waals surface area contributed by atoms with Crippen LogP contribution >= 0.6 is 0 Å². The molecule has 0 aliphatic carbocycles. The standard InChI is InChI=1S/C11H12O2/c1-2-4-10-8(3-1)7-9-5-6-12-11(9)13-10/h1-4,9,11H,5-7H2/t9-,11+/m1/s1. The van der Waals surface area contributed by atoms with Gasteiger partial charge in [-0.15, -0.1) is 0 Å². The maximum Gasteiger partial charge on any atom is 0.203 e. The monoisotopic (exact) mass is 176 g/mol. The number of rotatable bonds is 0. The molecule has 1 aromatic rings. The topological polar surface area (TPSA) is 18.5 Å². The Hall–Kier alpha value is -1.02. The smallest absolute Gasteiger partial charge is 0.203 e. The fraction of sp³-hybridized carbons (Fsp3) is 0.455. The molecule has 2 aliphatic rings. The molecule has 2 atom stereocenters. The van der Waals surface area contributed by atoms with E-state index in [9.17, 15) is 0 Å². The maximum absolute atomic E-state index is 5.73. The maximum atomic E-state index is 5.73. The molecule has 0 amide bonds. The van der Waals surface area contributed by atoms with Crippen LogP contribution in [0, 0.1) is 5.92 Å². The lowest BCUT2D eigenvalue weighted by atomic mass is 9.94. The van der Waals surface area contributed by atoms with Crippen LogP contribution in [-0.2, 0) is 11.2 Å². The molecule has 2 nitrogen and oxygen atoms in total. The van der Waals surface area contributed by atoms with E-state index in [1.807, 2.05) is 12.1 Å². The summed E-state index contributed by atoms with van der Waals surface area (Å²) in [6.45, 7) is 0.851. The summed E-state index contributed by atoms with van der Waals surface area (Å²) in [5.74, 6) is 1.58. The van der Waals surface area contributed by atoms with Gasteiger partial charge in [0.05, 0.1) is 6.61 Å². The van der Waals surface area contributed by atoms with Gasteiger partial charge in [0.1, 0.15) is 5.75 Å². The van der Waals surface area contributed by atoms with E-state index in [-0.39, 0.29) is 6.29 Å². The van der Waals surface area contributed by atoms with Crippen molar-refractivity contribution in [3.63, 3.8) is 0 Å². The minimum absolute atomic E-state index is 0.0231. The van der Waals surface area contributed by atoms with Gasteiger partial charge in [0.2, 0.25) is 6.29 Å². The molecule has 68 valence electrons. The highest BCUT2D eigenvalue weighted by Crippen LogP contribution is 2.35. The van der Waals surface area contributed by atoms with Crippen LogP contribution in [0.5, 0.6) is 5.75 Å². The van der Waals surface area contributed by atoms with Gasteiger partial charge in [0, 0.05) is 5.92 Å². The molecule has 0 N–H and O–H groups in total. The Morgan fingerprint density at radius 3 is 3.15 bits per heavy atom. The Morgan fingerprint density at radius 1 is 1.23 bits per heavy atom. The molecule has 0 unspecified atom stereocenters. The van der Waals surface area contributed by atoms with Gasteiger partial charge in [-0.2, -0.15) is 0 Å². The SMILES string of the molecule is c1ccc2c(c1)C[C@H]1CCO[C@H]1O2. The van der Waals surface area contributed by atoms with Gasteiger partial charge in [0.15, 0.2) is 0 Å².